The van der Waals surface area contributed by atoms with E-state index in [-0.39, 0.29) is 5.82 Å². The van der Waals surface area contributed by atoms with Crippen LogP contribution in [0.25, 0.3) is 0 Å². The number of methoxy groups -OCH3 is 1. The van der Waals surface area contributed by atoms with Gasteiger partial charge < -0.3 is 15.0 Å². The van der Waals surface area contributed by atoms with Crippen LogP contribution in [0.2, 0.25) is 5.02 Å². The molecule has 24 heavy (non-hydrogen) atoms. The maximum absolute atomic E-state index is 14.0. The maximum Gasteiger partial charge on any atom is 0.174 e. The SMILES string of the molecule is COc1ccc(Cl)cc1NC(=S)N(Cc1ccccc1F)C1CC1. The van der Waals surface area contributed by atoms with Gasteiger partial charge in [-0.05, 0) is 49.3 Å². The fourth-order valence-corrected chi connectivity index (χ4v) is 3.02. The highest BCUT2D eigenvalue weighted by atomic mass is 35.5. The number of benzene rings is 2. The molecule has 3 nitrogen and oxygen atoms in total. The number of nitrogens with zero attached hydrogens (tertiary/aromatic N) is 1. The average Bonchev–Trinajstić information content (AvgIpc) is 3.39. The lowest BCUT2D eigenvalue weighted by atomic mass is 10.2. The lowest BCUT2D eigenvalue weighted by Crippen LogP contribution is -2.36. The van der Waals surface area contributed by atoms with Crippen LogP contribution in [0.1, 0.15) is 18.4 Å². The number of halogens is 2. The van der Waals surface area contributed by atoms with Crippen LogP contribution in [0.15, 0.2) is 42.5 Å². The van der Waals surface area contributed by atoms with Crippen molar-refractivity contribution in [3.8, 4) is 5.75 Å². The largest absolute Gasteiger partial charge is 0.495 e. The Bertz CT molecular complexity index is 752. The van der Waals surface area contributed by atoms with Gasteiger partial charge in [0.2, 0.25) is 0 Å². The highest BCUT2D eigenvalue weighted by Crippen LogP contribution is 2.32. The molecule has 1 aliphatic rings. The third-order valence-electron chi connectivity index (χ3n) is 3.95. The van der Waals surface area contributed by atoms with Crippen LogP contribution in [0.4, 0.5) is 10.1 Å². The smallest absolute Gasteiger partial charge is 0.174 e. The van der Waals surface area contributed by atoms with Crippen LogP contribution in [-0.2, 0) is 6.54 Å². The molecule has 0 heterocycles. The summed E-state index contributed by atoms with van der Waals surface area (Å²) in [6.07, 6.45) is 2.12. The summed E-state index contributed by atoms with van der Waals surface area (Å²) in [7, 11) is 1.59. The third kappa shape index (κ3) is 3.97. The van der Waals surface area contributed by atoms with Gasteiger partial charge in [0.25, 0.3) is 0 Å². The maximum atomic E-state index is 14.0. The fourth-order valence-electron chi connectivity index (χ4n) is 2.53. The summed E-state index contributed by atoms with van der Waals surface area (Å²) in [5.74, 6) is 0.440. The minimum atomic E-state index is -0.216. The van der Waals surface area contributed by atoms with Gasteiger partial charge in [-0.2, -0.15) is 0 Å². The Morgan fingerprint density at radius 1 is 1.33 bits per heavy atom. The molecule has 0 amide bonds. The molecule has 6 heteroatoms. The van der Waals surface area contributed by atoms with Crippen molar-refractivity contribution in [2.24, 2.45) is 0 Å². The van der Waals surface area contributed by atoms with Crippen LogP contribution in [-0.4, -0.2) is 23.2 Å². The molecule has 1 saturated carbocycles. The quantitative estimate of drug-likeness (QED) is 0.766. The Labute approximate surface area is 151 Å². The van der Waals surface area contributed by atoms with E-state index in [9.17, 15) is 4.39 Å². The van der Waals surface area contributed by atoms with E-state index in [1.807, 2.05) is 11.0 Å². The highest BCUT2D eigenvalue weighted by Gasteiger charge is 2.31. The Kier molecular flexibility index (Phi) is 5.21. The molecule has 0 bridgehead atoms. The number of thiocarbonyl (C=S) groups is 1. The van der Waals surface area contributed by atoms with E-state index in [0.717, 1.165) is 12.8 Å². The number of nitrogens with one attached hydrogen (secondary N) is 1. The molecule has 126 valence electrons. The predicted octanol–water partition coefficient (Wildman–Crippen LogP) is 4.85. The van der Waals surface area contributed by atoms with Crippen LogP contribution in [0.5, 0.6) is 5.75 Å². The summed E-state index contributed by atoms with van der Waals surface area (Å²) in [5, 5.41) is 4.32. The second-order valence-corrected chi connectivity index (χ2v) is 6.55. The Balaban J connectivity index is 1.78. The van der Waals surface area contributed by atoms with E-state index in [2.05, 4.69) is 5.32 Å². The van der Waals surface area contributed by atoms with Crippen molar-refractivity contribution < 1.29 is 9.13 Å². The molecule has 3 rings (SSSR count). The zero-order valence-corrected chi connectivity index (χ0v) is 14.8. The molecule has 0 radical (unpaired) electrons. The highest BCUT2D eigenvalue weighted by molar-refractivity contribution is 7.80. The summed E-state index contributed by atoms with van der Waals surface area (Å²) in [6, 6.07) is 12.4. The lowest BCUT2D eigenvalue weighted by Gasteiger charge is -2.26. The first-order valence-electron chi connectivity index (χ1n) is 7.73. The summed E-state index contributed by atoms with van der Waals surface area (Å²) < 4.78 is 19.3. The van der Waals surface area contributed by atoms with Gasteiger partial charge >= 0.3 is 0 Å². The zero-order valence-electron chi connectivity index (χ0n) is 13.3. The van der Waals surface area contributed by atoms with Crippen molar-refractivity contribution in [3.63, 3.8) is 0 Å². The molecular formula is C18H18ClFN2OS. The molecule has 0 unspecified atom stereocenters. The average molecular weight is 365 g/mol. The normalized spacial score (nSPS) is 13.5. The van der Waals surface area contributed by atoms with Crippen LogP contribution in [0.3, 0.4) is 0 Å². The Hall–Kier alpha value is -1.85. The number of rotatable bonds is 5. The lowest BCUT2D eigenvalue weighted by molar-refractivity contribution is 0.398. The summed E-state index contributed by atoms with van der Waals surface area (Å²) in [6.45, 7) is 0.437. The van der Waals surface area contributed by atoms with E-state index >= 15 is 0 Å². The van der Waals surface area contributed by atoms with Gasteiger partial charge in [-0.15, -0.1) is 0 Å². The van der Waals surface area contributed by atoms with Gasteiger partial charge in [0.05, 0.1) is 12.8 Å². The summed E-state index contributed by atoms with van der Waals surface area (Å²) in [4.78, 5) is 2.02. The zero-order chi connectivity index (χ0) is 17.1. The molecule has 2 aromatic carbocycles. The number of ether oxygens (including phenoxy) is 1. The first-order chi connectivity index (χ1) is 11.6. The van der Waals surface area contributed by atoms with Crippen LogP contribution in [0, 0.1) is 5.82 Å². The molecule has 0 atom stereocenters. The van der Waals surface area contributed by atoms with Gasteiger partial charge in [-0.25, -0.2) is 4.39 Å². The molecular weight excluding hydrogens is 347 g/mol. The van der Waals surface area contributed by atoms with Crippen LogP contribution >= 0.6 is 23.8 Å². The molecule has 0 aliphatic heterocycles. The second-order valence-electron chi connectivity index (χ2n) is 5.73. The van der Waals surface area contributed by atoms with E-state index in [0.29, 0.717) is 39.7 Å². The van der Waals surface area contributed by atoms with Gasteiger partial charge in [-0.3, -0.25) is 0 Å². The van der Waals surface area contributed by atoms with Crippen molar-refractivity contribution in [1.29, 1.82) is 0 Å². The van der Waals surface area contributed by atoms with E-state index in [1.165, 1.54) is 6.07 Å². The van der Waals surface area contributed by atoms with Gasteiger partial charge in [0.15, 0.2) is 5.11 Å². The number of hydrogen-bond acceptors (Lipinski definition) is 2. The molecule has 0 spiro atoms. The monoisotopic (exact) mass is 364 g/mol. The number of anilines is 1. The second kappa shape index (κ2) is 7.36. The fraction of sp³-hybridized carbons (Fsp3) is 0.278. The standard InChI is InChI=1S/C18H18ClFN2OS/c1-23-17-9-6-13(19)10-16(17)21-18(24)22(14-7-8-14)11-12-4-2-3-5-15(12)20/h2-6,9-10,14H,7-8,11H2,1H3,(H,21,24). The third-order valence-corrected chi connectivity index (χ3v) is 4.52. The minimum absolute atomic E-state index is 0.216. The molecule has 0 saturated heterocycles. The predicted molar refractivity (Wildman–Crippen MR) is 99.2 cm³/mol. The molecule has 1 N–H and O–H groups in total. The molecule has 1 aliphatic carbocycles. The van der Waals surface area contributed by atoms with Crippen LogP contribution < -0.4 is 10.1 Å². The summed E-state index contributed by atoms with van der Waals surface area (Å²) in [5.41, 5.74) is 1.33. The van der Waals surface area contributed by atoms with Gasteiger partial charge in [0, 0.05) is 23.2 Å². The molecule has 2 aromatic rings. The first kappa shape index (κ1) is 17.0. The topological polar surface area (TPSA) is 24.5 Å². The van der Waals surface area contributed by atoms with Crippen molar-refractivity contribution in [2.75, 3.05) is 12.4 Å². The Morgan fingerprint density at radius 2 is 2.08 bits per heavy atom. The summed E-state index contributed by atoms with van der Waals surface area (Å²) >= 11 is 11.6. The van der Waals surface area contributed by atoms with Crippen molar-refractivity contribution >= 4 is 34.6 Å². The van der Waals surface area contributed by atoms with Gasteiger partial charge in [0.1, 0.15) is 11.6 Å². The molecule has 1 fully saturated rings. The van der Waals surface area contributed by atoms with E-state index in [4.69, 9.17) is 28.6 Å². The minimum Gasteiger partial charge on any atom is -0.495 e. The van der Waals surface area contributed by atoms with E-state index < -0.39 is 0 Å². The van der Waals surface area contributed by atoms with E-state index in [1.54, 1.807) is 37.4 Å². The van der Waals surface area contributed by atoms with Gasteiger partial charge in [-0.1, -0.05) is 29.8 Å². The number of hydrogen-bond donors (Lipinski definition) is 1. The molecule has 0 aromatic heterocycles. The van der Waals surface area contributed by atoms with Crippen molar-refractivity contribution in [1.82, 2.24) is 4.90 Å². The van der Waals surface area contributed by atoms with Crippen molar-refractivity contribution in [2.45, 2.75) is 25.4 Å². The Morgan fingerprint density at radius 3 is 2.75 bits per heavy atom. The first-order valence-corrected chi connectivity index (χ1v) is 8.51. The van der Waals surface area contributed by atoms with Crippen molar-refractivity contribution in [3.05, 3.63) is 58.9 Å².